The Morgan fingerprint density at radius 1 is 0.939 bits per heavy atom. The van der Waals surface area contributed by atoms with Crippen molar-refractivity contribution < 1.29 is 18.8 Å². The summed E-state index contributed by atoms with van der Waals surface area (Å²) in [6.45, 7) is 4.30. The monoisotopic (exact) mass is 445 g/mol. The molecule has 4 rings (SSSR count). The van der Waals surface area contributed by atoms with E-state index in [0.717, 1.165) is 11.1 Å². The van der Waals surface area contributed by atoms with Crippen molar-refractivity contribution >= 4 is 29.1 Å². The van der Waals surface area contributed by atoms with Gasteiger partial charge in [0.15, 0.2) is 5.76 Å². The standard InChI is InChI=1S/C26H27N3O4/c1-17(2)14-24(30)27-20-9-11-21(12-10-20)28-25(31)22-15-18-6-3-4-7-19(18)16-29(22)26(32)23-8-5-13-33-23/h3-13,17,22H,14-16H2,1-2H3,(H,27,30)(H,28,31). The molecule has 1 unspecified atom stereocenters. The van der Waals surface area contributed by atoms with Crippen molar-refractivity contribution in [3.8, 4) is 0 Å². The quantitative estimate of drug-likeness (QED) is 0.586. The molecule has 7 heteroatoms. The van der Waals surface area contributed by atoms with E-state index >= 15 is 0 Å². The minimum atomic E-state index is -0.678. The van der Waals surface area contributed by atoms with Crippen LogP contribution in [0.25, 0.3) is 0 Å². The molecule has 170 valence electrons. The molecule has 1 aliphatic rings. The van der Waals surface area contributed by atoms with Crippen molar-refractivity contribution in [1.29, 1.82) is 0 Å². The number of amides is 3. The molecule has 0 saturated heterocycles. The maximum Gasteiger partial charge on any atom is 0.290 e. The molecule has 0 saturated carbocycles. The first kappa shape index (κ1) is 22.3. The summed E-state index contributed by atoms with van der Waals surface area (Å²) >= 11 is 0. The average Bonchev–Trinajstić information content (AvgIpc) is 3.33. The first-order valence-electron chi connectivity index (χ1n) is 11.0. The van der Waals surface area contributed by atoms with Crippen molar-refractivity contribution in [2.24, 2.45) is 5.92 Å². The number of rotatable bonds is 6. The van der Waals surface area contributed by atoms with Crippen LogP contribution >= 0.6 is 0 Å². The number of nitrogens with zero attached hydrogens (tertiary/aromatic N) is 1. The summed E-state index contributed by atoms with van der Waals surface area (Å²) in [4.78, 5) is 39.8. The number of fused-ring (bicyclic) bond motifs is 1. The van der Waals surface area contributed by atoms with Gasteiger partial charge in [0, 0.05) is 30.8 Å². The van der Waals surface area contributed by atoms with Crippen LogP contribution in [0.5, 0.6) is 0 Å². The third kappa shape index (κ3) is 5.31. The fourth-order valence-corrected chi connectivity index (χ4v) is 3.96. The Kier molecular flexibility index (Phi) is 6.58. The van der Waals surface area contributed by atoms with Gasteiger partial charge in [0.25, 0.3) is 5.91 Å². The number of furan rings is 1. The molecular weight excluding hydrogens is 418 g/mol. The van der Waals surface area contributed by atoms with Gasteiger partial charge in [-0.05, 0) is 53.4 Å². The lowest BCUT2D eigenvalue weighted by atomic mass is 9.93. The minimum absolute atomic E-state index is 0.0465. The maximum absolute atomic E-state index is 13.2. The molecule has 0 aliphatic carbocycles. The molecule has 3 amide bonds. The highest BCUT2D eigenvalue weighted by Crippen LogP contribution is 2.26. The lowest BCUT2D eigenvalue weighted by Crippen LogP contribution is -2.50. The Bertz CT molecular complexity index is 1140. The minimum Gasteiger partial charge on any atom is -0.459 e. The molecule has 7 nitrogen and oxygen atoms in total. The van der Waals surface area contributed by atoms with Crippen molar-refractivity contribution in [1.82, 2.24) is 4.90 Å². The molecule has 0 fully saturated rings. The zero-order chi connectivity index (χ0) is 23.4. The molecule has 2 N–H and O–H groups in total. The highest BCUT2D eigenvalue weighted by Gasteiger charge is 2.36. The molecule has 0 radical (unpaired) electrons. The van der Waals surface area contributed by atoms with Gasteiger partial charge in [-0.3, -0.25) is 14.4 Å². The predicted octanol–water partition coefficient (Wildman–Crippen LogP) is 4.47. The Morgan fingerprint density at radius 2 is 1.61 bits per heavy atom. The number of benzene rings is 2. The van der Waals surface area contributed by atoms with Gasteiger partial charge in [0.2, 0.25) is 11.8 Å². The molecule has 1 aliphatic heterocycles. The van der Waals surface area contributed by atoms with Crippen molar-refractivity contribution in [2.45, 2.75) is 39.3 Å². The zero-order valence-corrected chi connectivity index (χ0v) is 18.7. The summed E-state index contributed by atoms with van der Waals surface area (Å²) < 4.78 is 5.29. The van der Waals surface area contributed by atoms with Crippen molar-refractivity contribution in [3.05, 3.63) is 83.8 Å². The highest BCUT2D eigenvalue weighted by atomic mass is 16.3. The van der Waals surface area contributed by atoms with E-state index in [0.29, 0.717) is 30.8 Å². The van der Waals surface area contributed by atoms with Gasteiger partial charge in [0.05, 0.1) is 6.26 Å². The van der Waals surface area contributed by atoms with Gasteiger partial charge in [0.1, 0.15) is 6.04 Å². The van der Waals surface area contributed by atoms with Gasteiger partial charge >= 0.3 is 0 Å². The normalized spacial score (nSPS) is 15.1. The lowest BCUT2D eigenvalue weighted by Gasteiger charge is -2.35. The largest absolute Gasteiger partial charge is 0.459 e. The van der Waals surface area contributed by atoms with Gasteiger partial charge in [-0.15, -0.1) is 0 Å². The summed E-state index contributed by atoms with van der Waals surface area (Å²) in [6, 6.07) is 17.4. The van der Waals surface area contributed by atoms with Crippen LogP contribution in [0.2, 0.25) is 0 Å². The van der Waals surface area contributed by atoms with Crippen molar-refractivity contribution in [2.75, 3.05) is 10.6 Å². The van der Waals surface area contributed by atoms with Crippen LogP contribution in [0, 0.1) is 5.92 Å². The fraction of sp³-hybridized carbons (Fsp3) is 0.269. The van der Waals surface area contributed by atoms with E-state index in [1.54, 1.807) is 41.3 Å². The number of hydrogen-bond acceptors (Lipinski definition) is 4. The van der Waals surface area contributed by atoms with E-state index < -0.39 is 6.04 Å². The van der Waals surface area contributed by atoms with Crippen LogP contribution in [0.1, 0.15) is 41.9 Å². The van der Waals surface area contributed by atoms with E-state index in [1.165, 1.54) is 6.26 Å². The summed E-state index contributed by atoms with van der Waals surface area (Å²) in [5, 5.41) is 5.76. The van der Waals surface area contributed by atoms with Gasteiger partial charge in [-0.1, -0.05) is 38.1 Å². The van der Waals surface area contributed by atoms with Gasteiger partial charge in [-0.25, -0.2) is 0 Å². The number of carbonyl (C=O) groups is 3. The lowest BCUT2D eigenvalue weighted by molar-refractivity contribution is -0.121. The van der Waals surface area contributed by atoms with E-state index in [4.69, 9.17) is 4.42 Å². The van der Waals surface area contributed by atoms with Gasteiger partial charge in [-0.2, -0.15) is 0 Å². The molecular formula is C26H27N3O4. The SMILES string of the molecule is CC(C)CC(=O)Nc1ccc(NC(=O)C2Cc3ccccc3CN2C(=O)c2ccco2)cc1. The third-order valence-corrected chi connectivity index (χ3v) is 5.57. The van der Waals surface area contributed by atoms with E-state index in [9.17, 15) is 14.4 Å². The Balaban J connectivity index is 1.49. The molecule has 1 aromatic heterocycles. The number of carbonyl (C=O) groups excluding carboxylic acids is 3. The number of anilines is 2. The molecule has 1 atom stereocenters. The summed E-state index contributed by atoms with van der Waals surface area (Å²) in [5.41, 5.74) is 3.32. The Labute approximate surface area is 192 Å². The Morgan fingerprint density at radius 3 is 2.24 bits per heavy atom. The van der Waals surface area contributed by atoms with Gasteiger partial charge < -0.3 is 20.0 Å². The predicted molar refractivity (Wildman–Crippen MR) is 126 cm³/mol. The molecule has 0 spiro atoms. The van der Waals surface area contributed by atoms with Crippen LogP contribution in [0.15, 0.2) is 71.3 Å². The molecule has 2 aromatic carbocycles. The third-order valence-electron chi connectivity index (χ3n) is 5.57. The highest BCUT2D eigenvalue weighted by molar-refractivity contribution is 6.01. The average molecular weight is 446 g/mol. The molecule has 2 heterocycles. The molecule has 3 aromatic rings. The van der Waals surface area contributed by atoms with Crippen LogP contribution in [0.3, 0.4) is 0 Å². The molecule has 0 bridgehead atoms. The summed E-state index contributed by atoms with van der Waals surface area (Å²) in [7, 11) is 0. The number of nitrogens with one attached hydrogen (secondary N) is 2. The Hall–Kier alpha value is -3.87. The second-order valence-corrected chi connectivity index (χ2v) is 8.61. The fourth-order valence-electron chi connectivity index (χ4n) is 3.96. The first-order chi connectivity index (χ1) is 15.9. The van der Waals surface area contributed by atoms with Crippen LogP contribution < -0.4 is 10.6 Å². The van der Waals surface area contributed by atoms with E-state index in [1.807, 2.05) is 38.1 Å². The van der Waals surface area contributed by atoms with Crippen molar-refractivity contribution in [3.63, 3.8) is 0 Å². The van der Waals surface area contributed by atoms with Crippen LogP contribution in [-0.2, 0) is 22.6 Å². The second-order valence-electron chi connectivity index (χ2n) is 8.61. The summed E-state index contributed by atoms with van der Waals surface area (Å²) in [5.74, 6) is -0.168. The van der Waals surface area contributed by atoms with Crippen LogP contribution in [0.4, 0.5) is 11.4 Å². The van der Waals surface area contributed by atoms with Crippen LogP contribution in [-0.4, -0.2) is 28.7 Å². The molecule has 33 heavy (non-hydrogen) atoms. The first-order valence-corrected chi connectivity index (χ1v) is 11.0. The summed E-state index contributed by atoms with van der Waals surface area (Å²) in [6.07, 6.45) is 2.31. The van der Waals surface area contributed by atoms with E-state index in [2.05, 4.69) is 10.6 Å². The second kappa shape index (κ2) is 9.73. The zero-order valence-electron chi connectivity index (χ0n) is 18.7. The maximum atomic E-state index is 13.2. The van der Waals surface area contributed by atoms with E-state index in [-0.39, 0.29) is 29.4 Å². The topological polar surface area (TPSA) is 91.7 Å². The number of hydrogen-bond donors (Lipinski definition) is 2. The smallest absolute Gasteiger partial charge is 0.290 e.